The molecule has 2 amide bonds. The van der Waals surface area contributed by atoms with Crippen LogP contribution in [-0.2, 0) is 19.6 Å². The zero-order chi connectivity index (χ0) is 26.4. The fraction of sp³-hybridized carbons (Fsp3) is 0.303. The van der Waals surface area contributed by atoms with Crippen LogP contribution in [0.2, 0.25) is 0 Å². The number of urea groups is 1. The van der Waals surface area contributed by atoms with Gasteiger partial charge in [-0.15, -0.1) is 0 Å². The molecule has 0 radical (unpaired) electrons. The summed E-state index contributed by atoms with van der Waals surface area (Å²) < 4.78 is 2.25. The second kappa shape index (κ2) is 12.0. The third-order valence-electron chi connectivity index (χ3n) is 6.99. The van der Waals surface area contributed by atoms with Gasteiger partial charge in [-0.25, -0.2) is 4.79 Å². The van der Waals surface area contributed by atoms with E-state index < -0.39 is 0 Å². The maximum absolute atomic E-state index is 13.9. The van der Waals surface area contributed by atoms with E-state index in [4.69, 9.17) is 0 Å². The maximum Gasteiger partial charge on any atom is 0.322 e. The van der Waals surface area contributed by atoms with Gasteiger partial charge in [0.05, 0.1) is 6.54 Å². The Morgan fingerprint density at radius 3 is 2.08 bits per heavy atom. The third kappa shape index (κ3) is 6.51. The molecule has 0 fully saturated rings. The van der Waals surface area contributed by atoms with Gasteiger partial charge in [-0.3, -0.25) is 0 Å². The molecule has 0 atom stereocenters. The predicted molar refractivity (Wildman–Crippen MR) is 154 cm³/mol. The third-order valence-corrected chi connectivity index (χ3v) is 6.99. The molecule has 0 aliphatic carbocycles. The van der Waals surface area contributed by atoms with Crippen molar-refractivity contribution in [1.82, 2.24) is 9.47 Å². The van der Waals surface area contributed by atoms with E-state index in [1.807, 2.05) is 23.1 Å². The number of aromatic nitrogens is 1. The largest absolute Gasteiger partial charge is 0.345 e. The highest BCUT2D eigenvalue weighted by Gasteiger charge is 2.21. The number of para-hydroxylation sites is 1. The second-order valence-electron chi connectivity index (χ2n) is 10.4. The molecule has 4 aromatic rings. The van der Waals surface area contributed by atoms with Gasteiger partial charge in [0.1, 0.15) is 0 Å². The van der Waals surface area contributed by atoms with E-state index in [9.17, 15) is 4.79 Å². The molecule has 1 aromatic heterocycles. The van der Waals surface area contributed by atoms with E-state index in [0.717, 1.165) is 23.5 Å². The summed E-state index contributed by atoms with van der Waals surface area (Å²) in [5.74, 6) is 0.617. The Balaban J connectivity index is 1.64. The Hall–Kier alpha value is -3.79. The number of nitrogens with one attached hydrogen (secondary N) is 1. The van der Waals surface area contributed by atoms with Crippen molar-refractivity contribution in [3.05, 3.63) is 125 Å². The average Bonchev–Trinajstić information content (AvgIpc) is 3.32. The number of aryl methyl sites for hydroxylation is 1. The van der Waals surface area contributed by atoms with Crippen LogP contribution in [0.15, 0.2) is 91.1 Å². The molecule has 4 heteroatoms. The molecule has 0 bridgehead atoms. The number of hydrogen-bond acceptors (Lipinski definition) is 1. The van der Waals surface area contributed by atoms with Gasteiger partial charge in [-0.1, -0.05) is 100 Å². The molecule has 4 rings (SSSR count). The van der Waals surface area contributed by atoms with Crippen molar-refractivity contribution >= 4 is 11.7 Å². The highest BCUT2D eigenvalue weighted by atomic mass is 16.2. The fourth-order valence-corrected chi connectivity index (χ4v) is 4.80. The van der Waals surface area contributed by atoms with Crippen LogP contribution in [0.25, 0.3) is 0 Å². The summed E-state index contributed by atoms with van der Waals surface area (Å²) in [6.07, 6.45) is 2.10. The summed E-state index contributed by atoms with van der Waals surface area (Å²) >= 11 is 0. The number of anilines is 1. The summed E-state index contributed by atoms with van der Waals surface area (Å²) in [5.41, 5.74) is 8.06. The highest BCUT2D eigenvalue weighted by Crippen LogP contribution is 2.33. The van der Waals surface area contributed by atoms with E-state index >= 15 is 0 Å². The van der Waals surface area contributed by atoms with E-state index in [1.165, 1.54) is 22.3 Å². The van der Waals surface area contributed by atoms with Crippen molar-refractivity contribution in [3.63, 3.8) is 0 Å². The summed E-state index contributed by atoms with van der Waals surface area (Å²) in [7, 11) is 0. The lowest BCUT2D eigenvalue weighted by molar-refractivity contribution is 0.205. The molecule has 1 N–H and O–H groups in total. The molecule has 0 aliphatic heterocycles. The average molecular weight is 494 g/mol. The van der Waals surface area contributed by atoms with Gasteiger partial charge < -0.3 is 14.8 Å². The first-order valence-electron chi connectivity index (χ1n) is 13.2. The highest BCUT2D eigenvalue weighted by molar-refractivity contribution is 5.91. The lowest BCUT2D eigenvalue weighted by Gasteiger charge is -2.27. The first kappa shape index (κ1) is 26.3. The van der Waals surface area contributed by atoms with Crippen LogP contribution in [0, 0.1) is 6.92 Å². The Morgan fingerprint density at radius 1 is 0.784 bits per heavy atom. The van der Waals surface area contributed by atoms with E-state index in [0.29, 0.717) is 24.9 Å². The van der Waals surface area contributed by atoms with Gasteiger partial charge in [0.15, 0.2) is 0 Å². The van der Waals surface area contributed by atoms with Crippen molar-refractivity contribution in [2.24, 2.45) is 0 Å². The van der Waals surface area contributed by atoms with Crippen molar-refractivity contribution in [1.29, 1.82) is 0 Å². The molecule has 0 unspecified atom stereocenters. The maximum atomic E-state index is 13.9. The number of carbonyl (C=O) groups excluding carboxylic acids is 1. The molecular weight excluding hydrogens is 454 g/mol. The number of rotatable bonds is 9. The minimum absolute atomic E-state index is 0.0810. The normalized spacial score (nSPS) is 11.2. The fourth-order valence-electron chi connectivity index (χ4n) is 4.80. The van der Waals surface area contributed by atoms with Crippen molar-refractivity contribution < 1.29 is 4.79 Å². The zero-order valence-corrected chi connectivity index (χ0v) is 22.7. The topological polar surface area (TPSA) is 37.3 Å². The molecule has 0 spiro atoms. The lowest BCUT2D eigenvalue weighted by Crippen LogP contribution is -2.35. The van der Waals surface area contributed by atoms with Gasteiger partial charge in [-0.05, 0) is 58.7 Å². The van der Waals surface area contributed by atoms with Gasteiger partial charge >= 0.3 is 6.03 Å². The molecule has 3 aromatic carbocycles. The van der Waals surface area contributed by atoms with Crippen LogP contribution in [-0.4, -0.2) is 15.5 Å². The SMILES string of the molecule is Cc1ccccc1Cn1cccc1CN(Cc1ccccc1)C(=O)Nc1c(C(C)C)cccc1C(C)C. The van der Waals surface area contributed by atoms with Crippen LogP contribution < -0.4 is 5.32 Å². The zero-order valence-electron chi connectivity index (χ0n) is 22.7. The van der Waals surface area contributed by atoms with Gasteiger partial charge in [-0.2, -0.15) is 0 Å². The molecular formula is C33H39N3O. The Labute approximate surface area is 222 Å². The van der Waals surface area contributed by atoms with Gasteiger partial charge in [0.25, 0.3) is 0 Å². The van der Waals surface area contributed by atoms with Crippen molar-refractivity contribution in [2.75, 3.05) is 5.32 Å². The molecule has 1 heterocycles. The quantitative estimate of drug-likeness (QED) is 0.250. The predicted octanol–water partition coefficient (Wildman–Crippen LogP) is 8.33. The molecule has 0 saturated carbocycles. The molecule has 4 nitrogen and oxygen atoms in total. The summed E-state index contributed by atoms with van der Waals surface area (Å²) in [6.45, 7) is 12.7. The molecule has 0 saturated heterocycles. The first-order chi connectivity index (χ1) is 17.8. The van der Waals surface area contributed by atoms with Crippen LogP contribution in [0.3, 0.4) is 0 Å². The summed E-state index contributed by atoms with van der Waals surface area (Å²) in [5, 5.41) is 3.33. The van der Waals surface area contributed by atoms with Crippen LogP contribution >= 0.6 is 0 Å². The van der Waals surface area contributed by atoms with E-state index in [1.54, 1.807) is 0 Å². The summed E-state index contributed by atoms with van der Waals surface area (Å²) in [6, 6.07) is 29.1. The Morgan fingerprint density at radius 2 is 1.43 bits per heavy atom. The van der Waals surface area contributed by atoms with Gasteiger partial charge in [0.2, 0.25) is 0 Å². The first-order valence-corrected chi connectivity index (χ1v) is 13.2. The van der Waals surface area contributed by atoms with Crippen molar-refractivity contribution in [2.45, 2.75) is 66.1 Å². The van der Waals surface area contributed by atoms with Gasteiger partial charge in [0, 0.05) is 30.7 Å². The lowest BCUT2D eigenvalue weighted by atomic mass is 9.93. The minimum Gasteiger partial charge on any atom is -0.345 e. The number of nitrogens with zero attached hydrogens (tertiary/aromatic N) is 2. The standard InChI is InChI=1S/C33H39N3O/c1-24(2)30-18-11-19-31(25(3)4)32(30)34-33(37)36(21-27-14-7-6-8-15-27)23-29-17-12-20-35(29)22-28-16-10-9-13-26(28)5/h6-20,24-25H,21-23H2,1-5H3,(H,34,37). The van der Waals surface area contributed by atoms with Crippen molar-refractivity contribution in [3.8, 4) is 0 Å². The summed E-state index contributed by atoms with van der Waals surface area (Å²) in [4.78, 5) is 15.8. The Bertz CT molecular complexity index is 1290. The van der Waals surface area contributed by atoms with E-state index in [2.05, 4.69) is 117 Å². The van der Waals surface area contributed by atoms with Crippen LogP contribution in [0.5, 0.6) is 0 Å². The Kier molecular flexibility index (Phi) is 8.50. The molecule has 192 valence electrons. The smallest absolute Gasteiger partial charge is 0.322 e. The number of carbonyl (C=O) groups is 1. The second-order valence-corrected chi connectivity index (χ2v) is 10.4. The minimum atomic E-state index is -0.0810. The number of amides is 2. The molecule has 0 aliphatic rings. The number of benzene rings is 3. The number of hydrogen-bond donors (Lipinski definition) is 1. The van der Waals surface area contributed by atoms with E-state index in [-0.39, 0.29) is 6.03 Å². The monoisotopic (exact) mass is 493 g/mol. The molecule has 37 heavy (non-hydrogen) atoms. The van der Waals surface area contributed by atoms with Crippen LogP contribution in [0.4, 0.5) is 10.5 Å². The van der Waals surface area contributed by atoms with Crippen LogP contribution in [0.1, 0.15) is 73.0 Å².